The number of para-hydroxylation sites is 1. The number of aromatic nitrogens is 1. The molecule has 4 heteroatoms. The Morgan fingerprint density at radius 3 is 2.73 bits per heavy atom. The molecule has 0 saturated carbocycles. The summed E-state index contributed by atoms with van der Waals surface area (Å²) in [6.45, 7) is -0.425. The molecule has 0 unspecified atom stereocenters. The molecule has 2 rings (SSSR count). The minimum atomic E-state index is -0.425. The van der Waals surface area contributed by atoms with Gasteiger partial charge >= 0.3 is 0 Å². The van der Waals surface area contributed by atoms with E-state index in [0.29, 0.717) is 17.6 Å². The molecule has 0 aliphatic rings. The number of hydrogen-bond acceptors (Lipinski definition) is 2. The van der Waals surface area contributed by atoms with Gasteiger partial charge in [0.25, 0.3) is 0 Å². The summed E-state index contributed by atoms with van der Waals surface area (Å²) in [5.41, 5.74) is 1.21. The molecule has 1 aromatic heterocycles. The zero-order chi connectivity index (χ0) is 9.97. The van der Waals surface area contributed by atoms with E-state index >= 15 is 0 Å². The predicted molar refractivity (Wildman–Crippen MR) is 53.1 cm³/mol. The standard InChI is InChI=1S/C11H10FNO.W/c12-7-6-9-5-4-8-2-1-3-10(14)11(8)13-9;/h1-5,14H,6-7H2;. The third-order valence-corrected chi connectivity index (χ3v) is 2.11. The number of fused-ring (bicyclic) bond motifs is 1. The van der Waals surface area contributed by atoms with Crippen molar-refractivity contribution in [3.63, 3.8) is 0 Å². The molecule has 0 spiro atoms. The van der Waals surface area contributed by atoms with Crippen LogP contribution in [-0.4, -0.2) is 16.8 Å². The SMILES string of the molecule is Oc1cccc2ccc(CCF)nc12.[W]. The first kappa shape index (κ1) is 12.1. The van der Waals surface area contributed by atoms with Gasteiger partial charge in [-0.15, -0.1) is 0 Å². The molecule has 78 valence electrons. The van der Waals surface area contributed by atoms with Crippen LogP contribution >= 0.6 is 0 Å². The first-order valence-corrected chi connectivity index (χ1v) is 4.45. The topological polar surface area (TPSA) is 33.1 Å². The van der Waals surface area contributed by atoms with E-state index in [0.717, 1.165) is 5.39 Å². The van der Waals surface area contributed by atoms with Crippen LogP contribution in [0.3, 0.4) is 0 Å². The Balaban J connectivity index is 0.00000112. The molecule has 0 saturated heterocycles. The number of phenolic OH excluding ortho intramolecular Hbond substituents is 1. The Hall–Kier alpha value is -0.952. The van der Waals surface area contributed by atoms with Gasteiger partial charge in [0.05, 0.1) is 6.67 Å². The number of aromatic hydroxyl groups is 1. The van der Waals surface area contributed by atoms with Gasteiger partial charge in [-0.3, -0.25) is 4.39 Å². The number of nitrogens with zero attached hydrogens (tertiary/aromatic N) is 1. The molecule has 0 aliphatic heterocycles. The molecule has 2 aromatic rings. The van der Waals surface area contributed by atoms with Crippen molar-refractivity contribution in [2.45, 2.75) is 6.42 Å². The minimum absolute atomic E-state index is 0. The van der Waals surface area contributed by atoms with Crippen molar-refractivity contribution in [1.29, 1.82) is 0 Å². The molecule has 0 bridgehead atoms. The van der Waals surface area contributed by atoms with Gasteiger partial charge in [-0.25, -0.2) is 4.98 Å². The van der Waals surface area contributed by atoms with Crippen LogP contribution in [0.25, 0.3) is 10.9 Å². The van der Waals surface area contributed by atoms with E-state index in [4.69, 9.17) is 0 Å². The largest absolute Gasteiger partial charge is 0.506 e. The summed E-state index contributed by atoms with van der Waals surface area (Å²) in [6.07, 6.45) is 0.296. The fourth-order valence-corrected chi connectivity index (χ4v) is 1.41. The molecule has 0 fully saturated rings. The fourth-order valence-electron chi connectivity index (χ4n) is 1.41. The molecule has 1 heterocycles. The predicted octanol–water partition coefficient (Wildman–Crippen LogP) is 2.45. The quantitative estimate of drug-likeness (QED) is 0.875. The zero-order valence-electron chi connectivity index (χ0n) is 7.98. The van der Waals surface area contributed by atoms with Crippen molar-refractivity contribution in [2.75, 3.05) is 6.67 Å². The van der Waals surface area contributed by atoms with Crippen molar-refractivity contribution in [2.24, 2.45) is 0 Å². The summed E-state index contributed by atoms with van der Waals surface area (Å²) in [7, 11) is 0. The molecular formula is C11H10FNOW. The number of rotatable bonds is 2. The first-order chi connectivity index (χ1) is 6.81. The monoisotopic (exact) mass is 375 g/mol. The minimum Gasteiger partial charge on any atom is -0.506 e. The van der Waals surface area contributed by atoms with Crippen LogP contribution < -0.4 is 0 Å². The summed E-state index contributed by atoms with van der Waals surface area (Å²) in [5.74, 6) is 0.142. The molecule has 0 atom stereocenters. The summed E-state index contributed by atoms with van der Waals surface area (Å²) < 4.78 is 12.1. The molecule has 1 N–H and O–H groups in total. The second-order valence-electron chi connectivity index (χ2n) is 3.09. The van der Waals surface area contributed by atoms with Crippen LogP contribution in [0.2, 0.25) is 0 Å². The maximum atomic E-state index is 12.1. The second-order valence-corrected chi connectivity index (χ2v) is 3.09. The Labute approximate surface area is 101 Å². The molecule has 15 heavy (non-hydrogen) atoms. The average Bonchev–Trinajstić information content (AvgIpc) is 2.20. The summed E-state index contributed by atoms with van der Waals surface area (Å²) in [4.78, 5) is 4.17. The van der Waals surface area contributed by atoms with Gasteiger partial charge in [0.2, 0.25) is 0 Å². The number of aryl methyl sites for hydroxylation is 1. The molecule has 1 aromatic carbocycles. The molecular weight excluding hydrogens is 365 g/mol. The molecule has 0 aliphatic carbocycles. The van der Waals surface area contributed by atoms with E-state index in [2.05, 4.69) is 4.98 Å². The number of pyridine rings is 1. The zero-order valence-corrected chi connectivity index (χ0v) is 10.9. The summed E-state index contributed by atoms with van der Waals surface area (Å²) >= 11 is 0. The van der Waals surface area contributed by atoms with E-state index in [-0.39, 0.29) is 26.8 Å². The normalized spacial score (nSPS) is 9.93. The van der Waals surface area contributed by atoms with E-state index in [9.17, 15) is 9.50 Å². The van der Waals surface area contributed by atoms with Crippen LogP contribution in [0.5, 0.6) is 5.75 Å². The number of phenols is 1. The smallest absolute Gasteiger partial charge is 0.141 e. The maximum Gasteiger partial charge on any atom is 0.141 e. The van der Waals surface area contributed by atoms with E-state index in [1.807, 2.05) is 12.1 Å². The average molecular weight is 375 g/mol. The molecule has 2 nitrogen and oxygen atoms in total. The third kappa shape index (κ3) is 2.54. The number of halogens is 1. The van der Waals surface area contributed by atoms with E-state index in [1.165, 1.54) is 0 Å². The number of hydrogen-bond donors (Lipinski definition) is 1. The van der Waals surface area contributed by atoms with Crippen molar-refractivity contribution < 1.29 is 30.6 Å². The first-order valence-electron chi connectivity index (χ1n) is 4.45. The Kier molecular flexibility index (Phi) is 4.22. The fraction of sp³-hybridized carbons (Fsp3) is 0.182. The number of alkyl halides is 1. The Morgan fingerprint density at radius 2 is 2.00 bits per heavy atom. The van der Waals surface area contributed by atoms with Crippen LogP contribution in [0.15, 0.2) is 30.3 Å². The van der Waals surface area contributed by atoms with Crippen molar-refractivity contribution in [1.82, 2.24) is 4.98 Å². The maximum absolute atomic E-state index is 12.1. The third-order valence-electron chi connectivity index (χ3n) is 2.11. The number of benzene rings is 1. The van der Waals surface area contributed by atoms with Crippen LogP contribution in [0.4, 0.5) is 4.39 Å². The molecule has 0 amide bonds. The van der Waals surface area contributed by atoms with Gasteiger partial charge in [0.1, 0.15) is 11.3 Å². The molecule has 0 radical (unpaired) electrons. The van der Waals surface area contributed by atoms with Gasteiger partial charge in [0, 0.05) is 38.6 Å². The van der Waals surface area contributed by atoms with Gasteiger partial charge in [-0.2, -0.15) is 0 Å². The van der Waals surface area contributed by atoms with Crippen LogP contribution in [0.1, 0.15) is 5.69 Å². The second kappa shape index (κ2) is 5.22. The van der Waals surface area contributed by atoms with Crippen molar-refractivity contribution >= 4 is 10.9 Å². The van der Waals surface area contributed by atoms with Crippen molar-refractivity contribution in [3.05, 3.63) is 36.0 Å². The van der Waals surface area contributed by atoms with Gasteiger partial charge in [-0.05, 0) is 12.1 Å². The van der Waals surface area contributed by atoms with Gasteiger partial charge < -0.3 is 5.11 Å². The Morgan fingerprint density at radius 1 is 1.20 bits per heavy atom. The van der Waals surface area contributed by atoms with Crippen LogP contribution in [-0.2, 0) is 27.5 Å². The van der Waals surface area contributed by atoms with E-state index in [1.54, 1.807) is 18.2 Å². The van der Waals surface area contributed by atoms with Gasteiger partial charge in [-0.1, -0.05) is 18.2 Å². The Bertz CT molecular complexity index is 461. The summed E-state index contributed by atoms with van der Waals surface area (Å²) in [6, 6.07) is 8.82. The van der Waals surface area contributed by atoms with Crippen LogP contribution in [0, 0.1) is 0 Å². The van der Waals surface area contributed by atoms with Crippen molar-refractivity contribution in [3.8, 4) is 5.75 Å². The van der Waals surface area contributed by atoms with Gasteiger partial charge in [0.15, 0.2) is 0 Å². The van der Waals surface area contributed by atoms with E-state index < -0.39 is 6.67 Å². The summed E-state index contributed by atoms with van der Waals surface area (Å²) in [5, 5.41) is 10.4.